The van der Waals surface area contributed by atoms with E-state index in [1.807, 2.05) is 6.07 Å². The van der Waals surface area contributed by atoms with Crippen molar-refractivity contribution in [2.75, 3.05) is 17.2 Å². The monoisotopic (exact) mass is 310 g/mol. The quantitative estimate of drug-likeness (QED) is 0.652. The minimum Gasteiger partial charge on any atom is -0.376 e. The van der Waals surface area contributed by atoms with Crippen LogP contribution in [0.5, 0.6) is 0 Å². The molecule has 2 aromatic rings. The molecule has 0 saturated carbocycles. The number of carbonyl (C=O) groups excluding carboxylic acids is 1. The number of nitro benzene ring substituents is 1. The van der Waals surface area contributed by atoms with E-state index < -0.39 is 4.92 Å². The summed E-state index contributed by atoms with van der Waals surface area (Å²) in [4.78, 5) is 22.1. The average molecular weight is 310 g/mol. The molecule has 2 rings (SSSR count). The van der Waals surface area contributed by atoms with Crippen molar-refractivity contribution >= 4 is 23.0 Å². The van der Waals surface area contributed by atoms with Gasteiger partial charge in [-0.2, -0.15) is 5.26 Å². The number of benzene rings is 2. The fraction of sp³-hybridized carbons (Fsp3) is 0.125. The molecule has 0 heterocycles. The van der Waals surface area contributed by atoms with Crippen LogP contribution in [0.15, 0.2) is 42.5 Å². The number of anilines is 2. The highest BCUT2D eigenvalue weighted by molar-refractivity contribution is 5.94. The minimum atomic E-state index is -0.484. The summed E-state index contributed by atoms with van der Waals surface area (Å²) in [6.07, 6.45) is 0. The Bertz CT molecular complexity index is 796. The maximum Gasteiger partial charge on any atom is 0.269 e. The van der Waals surface area contributed by atoms with Gasteiger partial charge in [-0.25, -0.2) is 0 Å². The molecule has 0 aliphatic heterocycles. The highest BCUT2D eigenvalue weighted by Crippen LogP contribution is 2.21. The van der Waals surface area contributed by atoms with Gasteiger partial charge in [-0.3, -0.25) is 14.9 Å². The average Bonchev–Trinajstić information content (AvgIpc) is 2.55. The number of nitrogens with one attached hydrogen (secondary N) is 2. The Kier molecular flexibility index (Phi) is 4.89. The van der Waals surface area contributed by atoms with Crippen LogP contribution in [0.2, 0.25) is 0 Å². The molecule has 0 spiro atoms. The van der Waals surface area contributed by atoms with Gasteiger partial charge < -0.3 is 10.6 Å². The van der Waals surface area contributed by atoms with E-state index in [-0.39, 0.29) is 18.1 Å². The number of aryl methyl sites for hydroxylation is 1. The van der Waals surface area contributed by atoms with Crippen molar-refractivity contribution in [3.63, 3.8) is 0 Å². The lowest BCUT2D eigenvalue weighted by Crippen LogP contribution is -2.22. The number of nitrogens with zero attached hydrogens (tertiary/aromatic N) is 2. The molecule has 23 heavy (non-hydrogen) atoms. The van der Waals surface area contributed by atoms with Gasteiger partial charge in [-0.15, -0.1) is 0 Å². The fourth-order valence-electron chi connectivity index (χ4n) is 1.98. The van der Waals surface area contributed by atoms with E-state index in [0.29, 0.717) is 22.5 Å². The molecule has 2 aromatic carbocycles. The molecule has 2 N–H and O–H groups in total. The predicted molar refractivity (Wildman–Crippen MR) is 86.1 cm³/mol. The van der Waals surface area contributed by atoms with Crippen molar-refractivity contribution in [3.05, 3.63) is 63.7 Å². The minimum absolute atomic E-state index is 0.0192. The van der Waals surface area contributed by atoms with Gasteiger partial charge in [-0.05, 0) is 36.8 Å². The number of hydrogen-bond acceptors (Lipinski definition) is 5. The standard InChI is InChI=1S/C16H14N4O3/c1-11-7-14(20(22)23)5-6-15(11)19-16(21)10-18-13-4-2-3-12(8-13)9-17/h2-8,18H,10H2,1H3,(H,19,21). The summed E-state index contributed by atoms with van der Waals surface area (Å²) in [6, 6.07) is 13.1. The molecule has 7 nitrogen and oxygen atoms in total. The maximum atomic E-state index is 11.9. The Hall–Kier alpha value is -3.40. The first-order valence-electron chi connectivity index (χ1n) is 6.78. The van der Waals surface area contributed by atoms with Gasteiger partial charge in [0.25, 0.3) is 5.69 Å². The third kappa shape index (κ3) is 4.28. The van der Waals surface area contributed by atoms with E-state index in [1.54, 1.807) is 31.2 Å². The first-order valence-corrected chi connectivity index (χ1v) is 6.78. The normalized spacial score (nSPS) is 9.74. The molecule has 0 aromatic heterocycles. The summed E-state index contributed by atoms with van der Waals surface area (Å²) in [5.74, 6) is -0.288. The van der Waals surface area contributed by atoms with Gasteiger partial charge in [-0.1, -0.05) is 6.07 Å². The van der Waals surface area contributed by atoms with Crippen molar-refractivity contribution in [1.29, 1.82) is 5.26 Å². The maximum absolute atomic E-state index is 11.9. The molecule has 0 aliphatic rings. The van der Waals surface area contributed by atoms with E-state index in [9.17, 15) is 14.9 Å². The molecule has 0 bridgehead atoms. The van der Waals surface area contributed by atoms with E-state index in [0.717, 1.165) is 0 Å². The van der Waals surface area contributed by atoms with E-state index in [2.05, 4.69) is 10.6 Å². The first kappa shape index (κ1) is 16.0. The highest BCUT2D eigenvalue weighted by atomic mass is 16.6. The van der Waals surface area contributed by atoms with Crippen molar-refractivity contribution in [2.45, 2.75) is 6.92 Å². The molecule has 0 radical (unpaired) electrons. The Morgan fingerprint density at radius 1 is 1.30 bits per heavy atom. The van der Waals surface area contributed by atoms with Gasteiger partial charge >= 0.3 is 0 Å². The SMILES string of the molecule is Cc1cc([N+](=O)[O-])ccc1NC(=O)CNc1cccc(C#N)c1. The summed E-state index contributed by atoms with van der Waals surface area (Å²) in [5, 5.41) is 25.1. The Labute approximate surface area is 132 Å². The topological polar surface area (TPSA) is 108 Å². The number of nitriles is 1. The molecule has 1 amide bonds. The lowest BCUT2D eigenvalue weighted by molar-refractivity contribution is -0.384. The van der Waals surface area contributed by atoms with Crippen LogP contribution in [0.1, 0.15) is 11.1 Å². The lowest BCUT2D eigenvalue weighted by Gasteiger charge is -2.10. The van der Waals surface area contributed by atoms with Crippen LogP contribution in [0.25, 0.3) is 0 Å². The molecular formula is C16H14N4O3. The van der Waals surface area contributed by atoms with Crippen LogP contribution in [-0.2, 0) is 4.79 Å². The second kappa shape index (κ2) is 7.04. The van der Waals surface area contributed by atoms with Crippen LogP contribution in [0, 0.1) is 28.4 Å². The van der Waals surface area contributed by atoms with Crippen LogP contribution in [0.4, 0.5) is 17.1 Å². The zero-order valence-corrected chi connectivity index (χ0v) is 12.4. The zero-order valence-electron chi connectivity index (χ0n) is 12.4. The summed E-state index contributed by atoms with van der Waals surface area (Å²) in [5.41, 5.74) is 2.28. The zero-order chi connectivity index (χ0) is 16.8. The van der Waals surface area contributed by atoms with Gasteiger partial charge in [0.05, 0.1) is 23.1 Å². The second-order valence-electron chi connectivity index (χ2n) is 4.85. The van der Waals surface area contributed by atoms with E-state index in [4.69, 9.17) is 5.26 Å². The first-order chi connectivity index (χ1) is 11.0. The molecule has 116 valence electrons. The third-order valence-corrected chi connectivity index (χ3v) is 3.14. The fourth-order valence-corrected chi connectivity index (χ4v) is 1.98. The lowest BCUT2D eigenvalue weighted by atomic mass is 10.2. The van der Waals surface area contributed by atoms with Crippen molar-refractivity contribution in [1.82, 2.24) is 0 Å². The molecular weight excluding hydrogens is 296 g/mol. The summed E-state index contributed by atoms with van der Waals surface area (Å²) >= 11 is 0. The predicted octanol–water partition coefficient (Wildman–Crippen LogP) is 2.83. The smallest absolute Gasteiger partial charge is 0.269 e. The van der Waals surface area contributed by atoms with Crippen molar-refractivity contribution < 1.29 is 9.72 Å². The summed E-state index contributed by atoms with van der Waals surface area (Å²) in [6.45, 7) is 1.71. The highest BCUT2D eigenvalue weighted by Gasteiger charge is 2.10. The van der Waals surface area contributed by atoms with Gasteiger partial charge in [0.2, 0.25) is 5.91 Å². The molecule has 7 heteroatoms. The van der Waals surface area contributed by atoms with Crippen molar-refractivity contribution in [3.8, 4) is 6.07 Å². The van der Waals surface area contributed by atoms with Crippen LogP contribution in [0.3, 0.4) is 0 Å². The molecule has 0 saturated heterocycles. The van der Waals surface area contributed by atoms with Gasteiger partial charge in [0.1, 0.15) is 0 Å². The Morgan fingerprint density at radius 3 is 2.74 bits per heavy atom. The number of rotatable bonds is 5. The van der Waals surface area contributed by atoms with E-state index in [1.165, 1.54) is 18.2 Å². The number of carbonyl (C=O) groups is 1. The summed E-state index contributed by atoms with van der Waals surface area (Å²) < 4.78 is 0. The number of hydrogen-bond donors (Lipinski definition) is 2. The third-order valence-electron chi connectivity index (χ3n) is 3.14. The van der Waals surface area contributed by atoms with Crippen molar-refractivity contribution in [2.24, 2.45) is 0 Å². The number of nitro groups is 1. The molecule has 0 unspecified atom stereocenters. The largest absolute Gasteiger partial charge is 0.376 e. The second-order valence-corrected chi connectivity index (χ2v) is 4.85. The molecule has 0 atom stereocenters. The summed E-state index contributed by atoms with van der Waals surface area (Å²) in [7, 11) is 0. The number of non-ortho nitro benzene ring substituents is 1. The molecule has 0 fully saturated rings. The number of amides is 1. The Balaban J connectivity index is 1.97. The van der Waals surface area contributed by atoms with Crippen LogP contribution in [-0.4, -0.2) is 17.4 Å². The van der Waals surface area contributed by atoms with Crippen LogP contribution >= 0.6 is 0 Å². The van der Waals surface area contributed by atoms with E-state index >= 15 is 0 Å². The Morgan fingerprint density at radius 2 is 2.09 bits per heavy atom. The van der Waals surface area contributed by atoms with Crippen LogP contribution < -0.4 is 10.6 Å². The van der Waals surface area contributed by atoms with Gasteiger partial charge in [0, 0.05) is 23.5 Å². The molecule has 0 aliphatic carbocycles. The van der Waals surface area contributed by atoms with Gasteiger partial charge in [0.15, 0.2) is 0 Å².